The Balaban J connectivity index is 1.24. The smallest absolute Gasteiger partial charge is 0.237 e. The molecule has 2 N–H and O–H groups in total. The van der Waals surface area contributed by atoms with Crippen LogP contribution in [-0.2, 0) is 9.59 Å². The van der Waals surface area contributed by atoms with Crippen molar-refractivity contribution < 1.29 is 14.0 Å². The van der Waals surface area contributed by atoms with Crippen molar-refractivity contribution in [1.82, 2.24) is 25.3 Å². The first-order chi connectivity index (χ1) is 15.3. The lowest BCUT2D eigenvalue weighted by Gasteiger charge is -2.42. The Morgan fingerprint density at radius 1 is 1.06 bits per heavy atom. The second kappa shape index (κ2) is 10.3. The molecule has 4 fully saturated rings. The van der Waals surface area contributed by atoms with Gasteiger partial charge in [-0.05, 0) is 65.0 Å². The standard InChI is InChI=1S/C24H42FN5O2/c1-16-7-8-20(25)19-14-21(27-23(16)19)24(32)26-17-5-4-6-18(13-17)29-9-11-30(12-10-29)22(31)15-28(2)3/h16-21,23,27H,4-15H2,1-3H3,(H,26,32)/t16?,17-,18-,19?,20?,21?,23?/m1/s1. The molecule has 2 amide bonds. The van der Waals surface area contributed by atoms with Gasteiger partial charge >= 0.3 is 0 Å². The number of carbonyl (C=O) groups is 2. The molecular formula is C24H42FN5O2. The molecule has 5 unspecified atom stereocenters. The van der Waals surface area contributed by atoms with Crippen LogP contribution < -0.4 is 10.6 Å². The van der Waals surface area contributed by atoms with E-state index in [1.165, 1.54) is 0 Å². The lowest BCUT2D eigenvalue weighted by molar-refractivity contribution is -0.134. The van der Waals surface area contributed by atoms with Gasteiger partial charge in [0.25, 0.3) is 0 Å². The number of amides is 2. The number of nitrogens with one attached hydrogen (secondary N) is 2. The Kier molecular flexibility index (Phi) is 7.73. The van der Waals surface area contributed by atoms with Crippen molar-refractivity contribution in [1.29, 1.82) is 0 Å². The number of likely N-dealkylation sites (N-methyl/N-ethyl adjacent to an activating group) is 1. The van der Waals surface area contributed by atoms with E-state index < -0.39 is 6.17 Å². The third-order valence-electron chi connectivity index (χ3n) is 8.28. The zero-order valence-electron chi connectivity index (χ0n) is 20.1. The maximum absolute atomic E-state index is 14.4. The fraction of sp³-hybridized carbons (Fsp3) is 0.917. The van der Waals surface area contributed by atoms with E-state index in [9.17, 15) is 14.0 Å². The van der Waals surface area contributed by atoms with E-state index in [0.29, 0.717) is 31.3 Å². The average molecular weight is 452 g/mol. The molecule has 0 aromatic carbocycles. The fourth-order valence-corrected chi connectivity index (χ4v) is 6.44. The van der Waals surface area contributed by atoms with Crippen LogP contribution in [0.1, 0.15) is 51.9 Å². The molecule has 7 nitrogen and oxygen atoms in total. The van der Waals surface area contributed by atoms with Crippen LogP contribution in [0.5, 0.6) is 0 Å². The zero-order chi connectivity index (χ0) is 22.8. The summed E-state index contributed by atoms with van der Waals surface area (Å²) < 4.78 is 14.4. The van der Waals surface area contributed by atoms with Crippen molar-refractivity contribution in [2.24, 2.45) is 11.8 Å². The summed E-state index contributed by atoms with van der Waals surface area (Å²) in [5.41, 5.74) is 0. The second-order valence-corrected chi connectivity index (χ2v) is 10.9. The van der Waals surface area contributed by atoms with Crippen LogP contribution in [-0.4, -0.2) is 104 Å². The molecule has 2 heterocycles. The van der Waals surface area contributed by atoms with E-state index in [4.69, 9.17) is 0 Å². The maximum Gasteiger partial charge on any atom is 0.237 e. The van der Waals surface area contributed by atoms with Gasteiger partial charge in [-0.15, -0.1) is 0 Å². The predicted octanol–water partition coefficient (Wildman–Crippen LogP) is 1.23. The summed E-state index contributed by atoms with van der Waals surface area (Å²) >= 11 is 0. The SMILES string of the molecule is CC1CCC(F)C2CC(C(=O)N[C@@H]3CCC[C@@H](N4CCN(C(=O)CN(C)C)CC4)C3)NC12. The van der Waals surface area contributed by atoms with Crippen molar-refractivity contribution in [3.63, 3.8) is 0 Å². The highest BCUT2D eigenvalue weighted by Gasteiger charge is 2.46. The molecular weight excluding hydrogens is 409 g/mol. The Morgan fingerprint density at radius 2 is 1.81 bits per heavy atom. The molecule has 4 aliphatic rings. The van der Waals surface area contributed by atoms with Crippen molar-refractivity contribution >= 4 is 11.8 Å². The molecule has 0 radical (unpaired) electrons. The number of nitrogens with zero attached hydrogens (tertiary/aromatic N) is 3. The van der Waals surface area contributed by atoms with Crippen LogP contribution in [0.15, 0.2) is 0 Å². The van der Waals surface area contributed by atoms with Crippen LogP contribution in [0.4, 0.5) is 4.39 Å². The minimum atomic E-state index is -0.774. The Bertz CT molecular complexity index is 651. The molecule has 4 rings (SSSR count). The van der Waals surface area contributed by atoms with Crippen LogP contribution in [0, 0.1) is 11.8 Å². The van der Waals surface area contributed by atoms with Crippen molar-refractivity contribution in [3.8, 4) is 0 Å². The number of rotatable bonds is 5. The van der Waals surface area contributed by atoms with Gasteiger partial charge in [-0.3, -0.25) is 14.5 Å². The van der Waals surface area contributed by atoms with Crippen LogP contribution in [0.3, 0.4) is 0 Å². The van der Waals surface area contributed by atoms with Gasteiger partial charge in [0.05, 0.1) is 12.6 Å². The van der Waals surface area contributed by atoms with Crippen LogP contribution in [0.25, 0.3) is 0 Å². The predicted molar refractivity (Wildman–Crippen MR) is 123 cm³/mol. The maximum atomic E-state index is 14.4. The lowest BCUT2D eigenvalue weighted by Crippen LogP contribution is -2.56. The largest absolute Gasteiger partial charge is 0.352 e. The molecule has 0 aromatic heterocycles. The molecule has 7 atom stereocenters. The average Bonchev–Trinajstić information content (AvgIpc) is 3.23. The summed E-state index contributed by atoms with van der Waals surface area (Å²) in [5, 5.41) is 6.76. The summed E-state index contributed by atoms with van der Waals surface area (Å²) in [7, 11) is 3.85. The monoisotopic (exact) mass is 451 g/mol. The van der Waals surface area contributed by atoms with Gasteiger partial charge in [0.1, 0.15) is 6.17 Å². The summed E-state index contributed by atoms with van der Waals surface area (Å²) in [6.07, 6.45) is 5.65. The number of hydrogen-bond donors (Lipinski definition) is 2. The second-order valence-electron chi connectivity index (χ2n) is 10.9. The van der Waals surface area contributed by atoms with Crippen molar-refractivity contribution in [3.05, 3.63) is 0 Å². The first-order valence-corrected chi connectivity index (χ1v) is 12.7. The molecule has 2 saturated carbocycles. The zero-order valence-corrected chi connectivity index (χ0v) is 20.1. The molecule has 2 aliphatic carbocycles. The molecule has 182 valence electrons. The number of hydrogen-bond acceptors (Lipinski definition) is 5. The molecule has 0 bridgehead atoms. The number of halogens is 1. The molecule has 32 heavy (non-hydrogen) atoms. The Morgan fingerprint density at radius 3 is 2.50 bits per heavy atom. The van der Waals surface area contributed by atoms with E-state index in [-0.39, 0.29) is 35.9 Å². The first kappa shape index (κ1) is 23.9. The van der Waals surface area contributed by atoms with Crippen molar-refractivity contribution in [2.75, 3.05) is 46.8 Å². The fourth-order valence-electron chi connectivity index (χ4n) is 6.44. The topological polar surface area (TPSA) is 67.9 Å². The molecule has 8 heteroatoms. The van der Waals surface area contributed by atoms with Gasteiger partial charge in [0.2, 0.25) is 11.8 Å². The quantitative estimate of drug-likeness (QED) is 0.658. The Hall–Kier alpha value is -1.25. The van der Waals surface area contributed by atoms with E-state index in [2.05, 4.69) is 22.5 Å². The van der Waals surface area contributed by atoms with E-state index >= 15 is 0 Å². The number of fused-ring (bicyclic) bond motifs is 1. The lowest BCUT2D eigenvalue weighted by atomic mass is 9.77. The van der Waals surface area contributed by atoms with Gasteiger partial charge < -0.3 is 20.4 Å². The number of alkyl halides is 1. The molecule has 2 aliphatic heterocycles. The van der Waals surface area contributed by atoms with Gasteiger partial charge in [-0.25, -0.2) is 4.39 Å². The highest BCUT2D eigenvalue weighted by molar-refractivity contribution is 5.82. The summed E-state index contributed by atoms with van der Waals surface area (Å²) in [4.78, 5) is 31.7. The Labute approximate surface area is 192 Å². The highest BCUT2D eigenvalue weighted by Crippen LogP contribution is 2.38. The van der Waals surface area contributed by atoms with Crippen LogP contribution in [0.2, 0.25) is 0 Å². The minimum Gasteiger partial charge on any atom is -0.352 e. The summed E-state index contributed by atoms with van der Waals surface area (Å²) in [6.45, 7) is 6.05. The van der Waals surface area contributed by atoms with E-state index in [0.717, 1.165) is 58.3 Å². The van der Waals surface area contributed by atoms with Crippen LogP contribution >= 0.6 is 0 Å². The first-order valence-electron chi connectivity index (χ1n) is 12.7. The summed E-state index contributed by atoms with van der Waals surface area (Å²) in [5.74, 6) is 0.689. The minimum absolute atomic E-state index is 0.0138. The van der Waals surface area contributed by atoms with Gasteiger partial charge in [-0.1, -0.05) is 6.92 Å². The summed E-state index contributed by atoms with van der Waals surface area (Å²) in [6, 6.07) is 0.544. The third-order valence-corrected chi connectivity index (χ3v) is 8.28. The van der Waals surface area contributed by atoms with Gasteiger partial charge in [-0.2, -0.15) is 0 Å². The normalized spacial score (nSPS) is 38.5. The third kappa shape index (κ3) is 5.45. The number of carbonyl (C=O) groups excluding carboxylic acids is 2. The van der Waals surface area contributed by atoms with E-state index in [1.807, 2.05) is 23.9 Å². The molecule has 0 spiro atoms. The van der Waals surface area contributed by atoms with Gasteiger partial charge in [0.15, 0.2) is 0 Å². The van der Waals surface area contributed by atoms with E-state index in [1.54, 1.807) is 0 Å². The van der Waals surface area contributed by atoms with Gasteiger partial charge in [0, 0.05) is 50.2 Å². The molecule has 2 saturated heterocycles. The highest BCUT2D eigenvalue weighted by atomic mass is 19.1. The number of piperazine rings is 1. The molecule has 0 aromatic rings. The van der Waals surface area contributed by atoms with Crippen molar-refractivity contribution in [2.45, 2.75) is 82.2 Å².